The standard InChI is InChI=1S/C14H30N4O/c1-4-12(3)13(15)14(19)16-6-7-18-10-8-17(5-2)9-11-18/h12-13H,4-11,15H2,1-3H3,(H,16,19). The molecule has 1 saturated heterocycles. The van der Waals surface area contributed by atoms with Crippen LogP contribution in [0.3, 0.4) is 0 Å². The van der Waals surface area contributed by atoms with E-state index in [1.165, 1.54) is 0 Å². The molecular formula is C14H30N4O. The third kappa shape index (κ3) is 5.47. The number of hydrogen-bond acceptors (Lipinski definition) is 4. The summed E-state index contributed by atoms with van der Waals surface area (Å²) in [7, 11) is 0. The monoisotopic (exact) mass is 270 g/mol. The van der Waals surface area contributed by atoms with Gasteiger partial charge in [-0.1, -0.05) is 27.2 Å². The number of hydrogen-bond donors (Lipinski definition) is 2. The molecule has 1 fully saturated rings. The van der Waals surface area contributed by atoms with Crippen molar-refractivity contribution in [3.63, 3.8) is 0 Å². The second-order valence-corrected chi connectivity index (χ2v) is 5.48. The van der Waals surface area contributed by atoms with Gasteiger partial charge >= 0.3 is 0 Å². The molecule has 19 heavy (non-hydrogen) atoms. The quantitative estimate of drug-likeness (QED) is 0.689. The van der Waals surface area contributed by atoms with Gasteiger partial charge in [-0.2, -0.15) is 0 Å². The number of likely N-dealkylation sites (N-methyl/N-ethyl adjacent to an activating group) is 1. The number of piperazine rings is 1. The highest BCUT2D eigenvalue weighted by Gasteiger charge is 2.19. The number of carbonyl (C=O) groups is 1. The Hall–Kier alpha value is -0.650. The molecule has 0 aliphatic carbocycles. The van der Waals surface area contributed by atoms with Crippen molar-refractivity contribution in [1.82, 2.24) is 15.1 Å². The van der Waals surface area contributed by atoms with Crippen LogP contribution in [0.2, 0.25) is 0 Å². The van der Waals surface area contributed by atoms with E-state index in [-0.39, 0.29) is 17.9 Å². The minimum absolute atomic E-state index is 0.0125. The van der Waals surface area contributed by atoms with Gasteiger partial charge in [-0.3, -0.25) is 9.69 Å². The van der Waals surface area contributed by atoms with E-state index in [2.05, 4.69) is 29.0 Å². The van der Waals surface area contributed by atoms with Crippen molar-refractivity contribution in [3.8, 4) is 0 Å². The lowest BCUT2D eigenvalue weighted by molar-refractivity contribution is -0.123. The molecule has 5 heteroatoms. The maximum absolute atomic E-state index is 11.8. The molecule has 112 valence electrons. The van der Waals surface area contributed by atoms with Gasteiger partial charge in [0.2, 0.25) is 5.91 Å². The number of nitrogens with two attached hydrogens (primary N) is 1. The molecule has 1 heterocycles. The van der Waals surface area contributed by atoms with Crippen molar-refractivity contribution in [2.75, 3.05) is 45.8 Å². The molecule has 3 N–H and O–H groups in total. The zero-order valence-corrected chi connectivity index (χ0v) is 12.7. The van der Waals surface area contributed by atoms with Gasteiger partial charge in [0.05, 0.1) is 6.04 Å². The predicted molar refractivity (Wildman–Crippen MR) is 79.0 cm³/mol. The van der Waals surface area contributed by atoms with Crippen LogP contribution < -0.4 is 11.1 Å². The fraction of sp³-hybridized carbons (Fsp3) is 0.929. The summed E-state index contributed by atoms with van der Waals surface area (Å²) in [5, 5.41) is 2.95. The summed E-state index contributed by atoms with van der Waals surface area (Å²) in [5.41, 5.74) is 5.89. The number of rotatable bonds is 7. The van der Waals surface area contributed by atoms with Gasteiger partial charge in [0.1, 0.15) is 0 Å². The average Bonchev–Trinajstić information content (AvgIpc) is 2.46. The van der Waals surface area contributed by atoms with Crippen molar-refractivity contribution in [1.29, 1.82) is 0 Å². The topological polar surface area (TPSA) is 61.6 Å². The Morgan fingerprint density at radius 3 is 2.32 bits per heavy atom. The normalized spacial score (nSPS) is 21.1. The van der Waals surface area contributed by atoms with Crippen LogP contribution in [0.5, 0.6) is 0 Å². The van der Waals surface area contributed by atoms with Gasteiger partial charge in [-0.25, -0.2) is 0 Å². The Morgan fingerprint density at radius 2 is 1.79 bits per heavy atom. The summed E-state index contributed by atoms with van der Waals surface area (Å²) in [6.07, 6.45) is 0.938. The molecule has 2 atom stereocenters. The van der Waals surface area contributed by atoms with Crippen LogP contribution in [0.25, 0.3) is 0 Å². The van der Waals surface area contributed by atoms with Crippen LogP contribution in [0.4, 0.5) is 0 Å². The zero-order valence-electron chi connectivity index (χ0n) is 12.7. The highest BCUT2D eigenvalue weighted by molar-refractivity contribution is 5.81. The number of carbonyl (C=O) groups excluding carboxylic acids is 1. The summed E-state index contributed by atoms with van der Waals surface area (Å²) >= 11 is 0. The SMILES string of the molecule is CCC(C)C(N)C(=O)NCCN1CCN(CC)CC1. The minimum Gasteiger partial charge on any atom is -0.353 e. The Morgan fingerprint density at radius 1 is 1.21 bits per heavy atom. The van der Waals surface area contributed by atoms with Crippen LogP contribution in [0, 0.1) is 5.92 Å². The first-order valence-corrected chi connectivity index (χ1v) is 7.56. The molecule has 0 aromatic carbocycles. The highest BCUT2D eigenvalue weighted by Crippen LogP contribution is 2.05. The van der Waals surface area contributed by atoms with Gasteiger partial charge in [-0.05, 0) is 12.5 Å². The molecule has 0 spiro atoms. The molecule has 1 rings (SSSR count). The van der Waals surface area contributed by atoms with Crippen molar-refractivity contribution in [3.05, 3.63) is 0 Å². The van der Waals surface area contributed by atoms with E-state index in [1.54, 1.807) is 0 Å². The lowest BCUT2D eigenvalue weighted by Crippen LogP contribution is -2.50. The van der Waals surface area contributed by atoms with Crippen LogP contribution in [0.15, 0.2) is 0 Å². The fourth-order valence-corrected chi connectivity index (χ4v) is 2.30. The van der Waals surface area contributed by atoms with Gasteiger partial charge < -0.3 is 16.0 Å². The predicted octanol–water partition coefficient (Wildman–Crippen LogP) is 0.114. The molecule has 0 aromatic rings. The van der Waals surface area contributed by atoms with Crippen molar-refractivity contribution in [2.24, 2.45) is 11.7 Å². The molecule has 0 bridgehead atoms. The number of amides is 1. The van der Waals surface area contributed by atoms with Crippen LogP contribution >= 0.6 is 0 Å². The Labute approximate surface area is 117 Å². The third-order valence-electron chi connectivity index (χ3n) is 4.20. The van der Waals surface area contributed by atoms with Crippen LogP contribution in [-0.2, 0) is 4.79 Å². The van der Waals surface area contributed by atoms with Crippen molar-refractivity contribution < 1.29 is 4.79 Å². The van der Waals surface area contributed by atoms with E-state index in [4.69, 9.17) is 5.73 Å². The number of nitrogens with zero attached hydrogens (tertiary/aromatic N) is 2. The summed E-state index contributed by atoms with van der Waals surface area (Å²) in [5.74, 6) is 0.231. The highest BCUT2D eigenvalue weighted by atomic mass is 16.2. The Balaban J connectivity index is 2.15. The van der Waals surface area contributed by atoms with Crippen molar-refractivity contribution in [2.45, 2.75) is 33.2 Å². The van der Waals surface area contributed by atoms with Crippen LogP contribution in [0.1, 0.15) is 27.2 Å². The summed E-state index contributed by atoms with van der Waals surface area (Å²) in [6.45, 7) is 13.5. The van der Waals surface area contributed by atoms with Gasteiger partial charge in [0.25, 0.3) is 0 Å². The molecule has 0 saturated carbocycles. The molecule has 5 nitrogen and oxygen atoms in total. The van der Waals surface area contributed by atoms with E-state index in [0.717, 1.165) is 45.7 Å². The smallest absolute Gasteiger partial charge is 0.237 e. The Kier molecular flexibility index (Phi) is 7.34. The molecule has 1 aliphatic rings. The van der Waals surface area contributed by atoms with Gasteiger partial charge in [0, 0.05) is 39.3 Å². The largest absolute Gasteiger partial charge is 0.353 e. The first-order valence-electron chi connectivity index (χ1n) is 7.56. The maximum atomic E-state index is 11.8. The fourth-order valence-electron chi connectivity index (χ4n) is 2.30. The van der Waals surface area contributed by atoms with E-state index in [9.17, 15) is 4.79 Å². The molecule has 0 aromatic heterocycles. The summed E-state index contributed by atoms with van der Waals surface area (Å²) in [6, 6.07) is -0.373. The lowest BCUT2D eigenvalue weighted by atomic mass is 9.99. The molecular weight excluding hydrogens is 240 g/mol. The van der Waals surface area contributed by atoms with E-state index in [0.29, 0.717) is 6.54 Å². The Bertz CT molecular complexity index is 264. The minimum atomic E-state index is -0.373. The van der Waals surface area contributed by atoms with Gasteiger partial charge in [-0.15, -0.1) is 0 Å². The van der Waals surface area contributed by atoms with E-state index < -0.39 is 0 Å². The third-order valence-corrected chi connectivity index (χ3v) is 4.20. The maximum Gasteiger partial charge on any atom is 0.237 e. The molecule has 1 aliphatic heterocycles. The first kappa shape index (κ1) is 16.4. The lowest BCUT2D eigenvalue weighted by Gasteiger charge is -2.34. The van der Waals surface area contributed by atoms with Crippen molar-refractivity contribution >= 4 is 5.91 Å². The number of nitrogens with one attached hydrogen (secondary N) is 1. The van der Waals surface area contributed by atoms with Gasteiger partial charge in [0.15, 0.2) is 0 Å². The summed E-state index contributed by atoms with van der Waals surface area (Å²) < 4.78 is 0. The molecule has 2 unspecified atom stereocenters. The average molecular weight is 270 g/mol. The van der Waals surface area contributed by atoms with Crippen LogP contribution in [-0.4, -0.2) is 67.6 Å². The zero-order chi connectivity index (χ0) is 14.3. The summed E-state index contributed by atoms with van der Waals surface area (Å²) in [4.78, 5) is 16.7. The van der Waals surface area contributed by atoms with E-state index >= 15 is 0 Å². The second-order valence-electron chi connectivity index (χ2n) is 5.48. The second kappa shape index (κ2) is 8.51. The van der Waals surface area contributed by atoms with E-state index in [1.807, 2.05) is 6.92 Å². The molecule has 1 amide bonds. The molecule has 0 radical (unpaired) electrons. The first-order chi connectivity index (χ1) is 9.08.